The van der Waals surface area contributed by atoms with Gasteiger partial charge in [-0.25, -0.2) is 4.98 Å². The van der Waals surface area contributed by atoms with Gasteiger partial charge in [-0.2, -0.15) is 4.99 Å². The molecule has 0 saturated heterocycles. The number of aliphatic imine (C=N–C) groups is 1. The molecule has 1 aromatic heterocycles. The maximum atomic E-state index is 5.43. The van der Waals surface area contributed by atoms with Gasteiger partial charge in [0.15, 0.2) is 5.96 Å². The number of hydrogen-bond acceptors (Lipinski definition) is 3. The summed E-state index contributed by atoms with van der Waals surface area (Å²) < 4.78 is 0. The molecule has 0 fully saturated rings. The van der Waals surface area contributed by atoms with Crippen molar-refractivity contribution >= 4 is 22.4 Å². The minimum atomic E-state index is 0.0794. The van der Waals surface area contributed by atoms with Crippen LogP contribution in [0.2, 0.25) is 0 Å². The Hall–Kier alpha value is -1.88. The summed E-state index contributed by atoms with van der Waals surface area (Å²) in [6.45, 7) is 0. The Balaban J connectivity index is 1.86. The van der Waals surface area contributed by atoms with E-state index >= 15 is 0 Å². The van der Waals surface area contributed by atoms with E-state index in [0.717, 1.165) is 12.8 Å². The van der Waals surface area contributed by atoms with Gasteiger partial charge < -0.3 is 11.5 Å². The molecule has 5 heteroatoms. The number of guanidine groups is 1. The van der Waals surface area contributed by atoms with Crippen molar-refractivity contribution in [1.82, 2.24) is 4.98 Å². The summed E-state index contributed by atoms with van der Waals surface area (Å²) in [6, 6.07) is 10.6. The zero-order valence-electron chi connectivity index (χ0n) is 11.2. The van der Waals surface area contributed by atoms with Crippen LogP contribution in [-0.4, -0.2) is 10.9 Å². The van der Waals surface area contributed by atoms with Gasteiger partial charge in [-0.1, -0.05) is 41.7 Å². The second kappa shape index (κ2) is 5.63. The van der Waals surface area contributed by atoms with Gasteiger partial charge in [0.1, 0.15) is 0 Å². The summed E-state index contributed by atoms with van der Waals surface area (Å²) in [7, 11) is 0. The minimum Gasteiger partial charge on any atom is -0.370 e. The van der Waals surface area contributed by atoms with Crippen LogP contribution in [0.5, 0.6) is 0 Å². The third-order valence-corrected chi connectivity index (χ3v) is 4.63. The second-order valence-electron chi connectivity index (χ2n) is 5.12. The molecule has 1 aromatic carbocycles. The number of benzene rings is 1. The molecule has 0 radical (unpaired) electrons. The Labute approximate surface area is 122 Å². The van der Waals surface area contributed by atoms with Crippen molar-refractivity contribution in [2.75, 3.05) is 0 Å². The van der Waals surface area contributed by atoms with E-state index in [4.69, 9.17) is 11.5 Å². The maximum absolute atomic E-state index is 5.43. The SMILES string of the molecule is NC(N)=Nc1nc2c(s1)CCC[C@H]2Cc1ccccc1. The van der Waals surface area contributed by atoms with Gasteiger partial charge in [-0.3, -0.25) is 0 Å². The fourth-order valence-electron chi connectivity index (χ4n) is 2.75. The monoisotopic (exact) mass is 286 g/mol. The minimum absolute atomic E-state index is 0.0794. The van der Waals surface area contributed by atoms with Crippen molar-refractivity contribution in [2.45, 2.75) is 31.6 Å². The molecular formula is C15H18N4S. The predicted molar refractivity (Wildman–Crippen MR) is 83.4 cm³/mol. The van der Waals surface area contributed by atoms with Crippen LogP contribution >= 0.6 is 11.3 Å². The normalized spacial score (nSPS) is 17.5. The maximum Gasteiger partial charge on any atom is 0.212 e. The van der Waals surface area contributed by atoms with E-state index in [-0.39, 0.29) is 5.96 Å². The zero-order chi connectivity index (χ0) is 13.9. The molecule has 1 atom stereocenters. The first-order chi connectivity index (χ1) is 9.72. The number of rotatable bonds is 3. The molecule has 20 heavy (non-hydrogen) atoms. The standard InChI is InChI=1S/C15H18N4S/c16-14(17)19-15-18-13-11(7-4-8-12(13)20-15)9-10-5-2-1-3-6-10/h1-3,5-6,11H,4,7-9H2,(H4,16,17,18,19)/t11-/m0/s1. The summed E-state index contributed by atoms with van der Waals surface area (Å²) in [5, 5.41) is 0.690. The summed E-state index contributed by atoms with van der Waals surface area (Å²) in [4.78, 5) is 10.1. The van der Waals surface area contributed by atoms with Crippen LogP contribution in [0.25, 0.3) is 0 Å². The Bertz CT molecular complexity index is 614. The fraction of sp³-hybridized carbons (Fsp3) is 0.333. The van der Waals surface area contributed by atoms with Crippen molar-refractivity contribution in [1.29, 1.82) is 0 Å². The van der Waals surface area contributed by atoms with Crippen LogP contribution < -0.4 is 11.5 Å². The average molecular weight is 286 g/mol. The third kappa shape index (κ3) is 2.82. The zero-order valence-corrected chi connectivity index (χ0v) is 12.1. The van der Waals surface area contributed by atoms with Crippen LogP contribution in [0.3, 0.4) is 0 Å². The Morgan fingerprint density at radius 3 is 2.85 bits per heavy atom. The lowest BCUT2D eigenvalue weighted by atomic mass is 9.86. The lowest BCUT2D eigenvalue weighted by molar-refractivity contribution is 0.544. The highest BCUT2D eigenvalue weighted by Crippen LogP contribution is 2.39. The topological polar surface area (TPSA) is 77.3 Å². The lowest BCUT2D eigenvalue weighted by Crippen LogP contribution is -2.21. The van der Waals surface area contributed by atoms with Gasteiger partial charge in [-0.05, 0) is 31.2 Å². The van der Waals surface area contributed by atoms with Crippen LogP contribution in [0.4, 0.5) is 5.13 Å². The quantitative estimate of drug-likeness (QED) is 0.672. The first-order valence-corrected chi connectivity index (χ1v) is 7.67. The molecule has 0 spiro atoms. The number of thiazole rings is 1. The van der Waals surface area contributed by atoms with Crippen LogP contribution in [0.1, 0.15) is 34.9 Å². The highest BCUT2D eigenvalue weighted by atomic mass is 32.1. The molecule has 1 heterocycles. The van der Waals surface area contributed by atoms with Crippen molar-refractivity contribution in [3.63, 3.8) is 0 Å². The molecule has 4 N–H and O–H groups in total. The molecule has 0 bridgehead atoms. The van der Waals surface area contributed by atoms with E-state index in [1.54, 1.807) is 11.3 Å². The molecule has 1 aliphatic rings. The molecule has 0 unspecified atom stereocenters. The number of nitrogens with two attached hydrogens (primary N) is 2. The lowest BCUT2D eigenvalue weighted by Gasteiger charge is -2.20. The first-order valence-electron chi connectivity index (χ1n) is 6.85. The Morgan fingerprint density at radius 1 is 1.30 bits per heavy atom. The van der Waals surface area contributed by atoms with Gasteiger partial charge in [0.25, 0.3) is 0 Å². The van der Waals surface area contributed by atoms with Crippen molar-refractivity contribution in [2.24, 2.45) is 16.5 Å². The van der Waals surface area contributed by atoms with E-state index < -0.39 is 0 Å². The Morgan fingerprint density at radius 2 is 2.10 bits per heavy atom. The van der Waals surface area contributed by atoms with E-state index in [1.165, 1.54) is 29.0 Å². The van der Waals surface area contributed by atoms with E-state index in [9.17, 15) is 0 Å². The first kappa shape index (κ1) is 13.1. The van der Waals surface area contributed by atoms with Gasteiger partial charge in [0.2, 0.25) is 5.13 Å². The number of aryl methyl sites for hydroxylation is 1. The highest BCUT2D eigenvalue weighted by Gasteiger charge is 2.24. The summed E-state index contributed by atoms with van der Waals surface area (Å²) >= 11 is 1.62. The number of nitrogens with zero attached hydrogens (tertiary/aromatic N) is 2. The van der Waals surface area contributed by atoms with Crippen molar-refractivity contribution in [3.8, 4) is 0 Å². The largest absolute Gasteiger partial charge is 0.370 e. The number of hydrogen-bond donors (Lipinski definition) is 2. The molecule has 1 aliphatic carbocycles. The van der Waals surface area contributed by atoms with Crippen LogP contribution in [0, 0.1) is 0 Å². The highest BCUT2D eigenvalue weighted by molar-refractivity contribution is 7.15. The van der Waals surface area contributed by atoms with E-state index in [2.05, 4.69) is 40.3 Å². The molecular weight excluding hydrogens is 268 g/mol. The van der Waals surface area contributed by atoms with Gasteiger partial charge >= 0.3 is 0 Å². The summed E-state index contributed by atoms with van der Waals surface area (Å²) in [6.07, 6.45) is 4.54. The second-order valence-corrected chi connectivity index (χ2v) is 6.18. The summed E-state index contributed by atoms with van der Waals surface area (Å²) in [5.74, 6) is 0.566. The Kier molecular flexibility index (Phi) is 3.69. The van der Waals surface area contributed by atoms with Crippen LogP contribution in [-0.2, 0) is 12.8 Å². The predicted octanol–water partition coefficient (Wildman–Crippen LogP) is 2.71. The van der Waals surface area contributed by atoms with E-state index in [0.29, 0.717) is 11.0 Å². The molecule has 0 aliphatic heterocycles. The summed E-state index contributed by atoms with van der Waals surface area (Å²) in [5.41, 5.74) is 13.4. The third-order valence-electron chi connectivity index (χ3n) is 3.61. The van der Waals surface area contributed by atoms with Gasteiger partial charge in [0, 0.05) is 10.8 Å². The van der Waals surface area contributed by atoms with Crippen molar-refractivity contribution < 1.29 is 0 Å². The molecule has 0 saturated carbocycles. The smallest absolute Gasteiger partial charge is 0.212 e. The van der Waals surface area contributed by atoms with Crippen molar-refractivity contribution in [3.05, 3.63) is 46.5 Å². The molecule has 104 valence electrons. The van der Waals surface area contributed by atoms with Crippen LogP contribution in [0.15, 0.2) is 35.3 Å². The molecule has 4 nitrogen and oxygen atoms in total. The number of fused-ring (bicyclic) bond motifs is 1. The average Bonchev–Trinajstić information content (AvgIpc) is 2.82. The molecule has 2 aromatic rings. The fourth-order valence-corrected chi connectivity index (χ4v) is 3.83. The molecule has 0 amide bonds. The molecule has 3 rings (SSSR count). The van der Waals surface area contributed by atoms with Gasteiger partial charge in [0.05, 0.1) is 5.69 Å². The number of aromatic nitrogens is 1. The van der Waals surface area contributed by atoms with Gasteiger partial charge in [-0.15, -0.1) is 0 Å². The van der Waals surface area contributed by atoms with E-state index in [1.807, 2.05) is 0 Å².